The zero-order valence-corrected chi connectivity index (χ0v) is 17.0. The molecule has 1 aliphatic heterocycles. The molecule has 1 saturated heterocycles. The Balaban J connectivity index is 1.62. The number of piperidine rings is 1. The predicted molar refractivity (Wildman–Crippen MR) is 107 cm³/mol. The second kappa shape index (κ2) is 10.1. The van der Waals surface area contributed by atoms with Crippen molar-refractivity contribution in [2.45, 2.75) is 52.0 Å². The van der Waals surface area contributed by atoms with Gasteiger partial charge in [0.15, 0.2) is 0 Å². The third kappa shape index (κ3) is 5.62. The van der Waals surface area contributed by atoms with Gasteiger partial charge in [-0.3, -0.25) is 9.59 Å². The van der Waals surface area contributed by atoms with E-state index in [1.807, 2.05) is 30.0 Å². The smallest absolute Gasteiger partial charge is 0.313 e. The van der Waals surface area contributed by atoms with Crippen LogP contribution in [0.1, 0.15) is 44.6 Å². The summed E-state index contributed by atoms with van der Waals surface area (Å²) in [6.07, 6.45) is 5.89. The number of hydrogen-bond acceptors (Lipinski definition) is 6. The minimum Gasteiger partial charge on any atom is -0.466 e. The van der Waals surface area contributed by atoms with Crippen molar-refractivity contribution in [2.75, 3.05) is 19.7 Å². The van der Waals surface area contributed by atoms with E-state index in [9.17, 15) is 9.59 Å². The van der Waals surface area contributed by atoms with Gasteiger partial charge < -0.3 is 9.64 Å². The molecule has 3 rings (SSSR count). The van der Waals surface area contributed by atoms with Crippen molar-refractivity contribution < 1.29 is 14.3 Å². The molecule has 0 aliphatic carbocycles. The van der Waals surface area contributed by atoms with Crippen molar-refractivity contribution in [3.8, 4) is 0 Å². The van der Waals surface area contributed by atoms with Crippen molar-refractivity contribution in [3.05, 3.63) is 42.2 Å². The molecular weight excluding hydrogens is 370 g/mol. The number of aromatic nitrogens is 4. The van der Waals surface area contributed by atoms with Gasteiger partial charge in [0, 0.05) is 19.5 Å². The number of nitrogens with zero attached hydrogens (tertiary/aromatic N) is 5. The normalized spacial score (nSPS) is 19.1. The Labute approximate surface area is 171 Å². The van der Waals surface area contributed by atoms with Crippen molar-refractivity contribution in [1.29, 1.82) is 0 Å². The lowest BCUT2D eigenvalue weighted by molar-refractivity contribution is -0.161. The van der Waals surface area contributed by atoms with Crippen LogP contribution in [-0.2, 0) is 27.3 Å². The number of amides is 1. The summed E-state index contributed by atoms with van der Waals surface area (Å²) < 4.78 is 6.97. The predicted octanol–water partition coefficient (Wildman–Crippen LogP) is 2.26. The van der Waals surface area contributed by atoms with Crippen molar-refractivity contribution >= 4 is 11.9 Å². The zero-order valence-electron chi connectivity index (χ0n) is 17.0. The number of esters is 1. The van der Waals surface area contributed by atoms with Gasteiger partial charge in [-0.2, -0.15) is 0 Å². The zero-order chi connectivity index (χ0) is 20.5. The van der Waals surface area contributed by atoms with E-state index in [0.29, 0.717) is 32.7 Å². The SMILES string of the molecule is CCOC(=O)C1(CCCc2ccccc2)CCCN(C(=O)CCn2cnnn2)C1. The summed E-state index contributed by atoms with van der Waals surface area (Å²) in [6, 6.07) is 10.3. The Morgan fingerprint density at radius 1 is 1.24 bits per heavy atom. The van der Waals surface area contributed by atoms with E-state index in [-0.39, 0.29) is 11.9 Å². The highest BCUT2D eigenvalue weighted by atomic mass is 16.5. The topological polar surface area (TPSA) is 90.2 Å². The van der Waals surface area contributed by atoms with Crippen LogP contribution in [-0.4, -0.2) is 56.7 Å². The molecule has 1 aliphatic rings. The number of carbonyl (C=O) groups is 2. The monoisotopic (exact) mass is 399 g/mol. The Hall–Kier alpha value is -2.77. The molecule has 1 fully saturated rings. The number of tetrazole rings is 1. The molecule has 2 heterocycles. The van der Waals surface area contributed by atoms with E-state index >= 15 is 0 Å². The molecule has 8 heteroatoms. The van der Waals surface area contributed by atoms with Crippen LogP contribution in [0.2, 0.25) is 0 Å². The first kappa shape index (κ1) is 21.0. The summed E-state index contributed by atoms with van der Waals surface area (Å²) in [5, 5.41) is 11.0. The van der Waals surface area contributed by atoms with E-state index in [2.05, 4.69) is 27.7 Å². The molecule has 2 aromatic rings. The van der Waals surface area contributed by atoms with Crippen LogP contribution in [0.4, 0.5) is 0 Å². The lowest BCUT2D eigenvalue weighted by atomic mass is 9.75. The van der Waals surface area contributed by atoms with Crippen molar-refractivity contribution in [2.24, 2.45) is 5.41 Å². The molecular formula is C21H29N5O3. The van der Waals surface area contributed by atoms with Gasteiger partial charge in [-0.05, 0) is 55.0 Å². The molecule has 0 saturated carbocycles. The molecule has 0 spiro atoms. The number of likely N-dealkylation sites (tertiary alicyclic amines) is 1. The van der Waals surface area contributed by atoms with E-state index in [0.717, 1.165) is 32.1 Å². The molecule has 0 radical (unpaired) electrons. The third-order valence-corrected chi connectivity index (χ3v) is 5.55. The first-order valence-corrected chi connectivity index (χ1v) is 10.3. The highest BCUT2D eigenvalue weighted by molar-refractivity contribution is 5.80. The molecule has 1 aromatic carbocycles. The van der Waals surface area contributed by atoms with Crippen LogP contribution in [0.5, 0.6) is 0 Å². The Kier molecular flexibility index (Phi) is 7.32. The molecule has 1 unspecified atom stereocenters. The molecule has 0 bridgehead atoms. The number of aryl methyl sites for hydroxylation is 2. The highest BCUT2D eigenvalue weighted by Crippen LogP contribution is 2.37. The maximum absolute atomic E-state index is 12.9. The summed E-state index contributed by atoms with van der Waals surface area (Å²) in [4.78, 5) is 27.4. The largest absolute Gasteiger partial charge is 0.466 e. The Bertz CT molecular complexity index is 781. The minimum atomic E-state index is -0.618. The van der Waals surface area contributed by atoms with E-state index in [1.54, 1.807) is 4.68 Å². The number of carbonyl (C=O) groups excluding carboxylic acids is 2. The first-order chi connectivity index (χ1) is 14.1. The van der Waals surface area contributed by atoms with Crippen LogP contribution in [0.15, 0.2) is 36.7 Å². The van der Waals surface area contributed by atoms with Crippen LogP contribution >= 0.6 is 0 Å². The fourth-order valence-corrected chi connectivity index (χ4v) is 4.03. The van der Waals surface area contributed by atoms with Crippen LogP contribution in [0.3, 0.4) is 0 Å². The van der Waals surface area contributed by atoms with Crippen LogP contribution in [0, 0.1) is 5.41 Å². The highest BCUT2D eigenvalue weighted by Gasteiger charge is 2.44. The van der Waals surface area contributed by atoms with Gasteiger partial charge in [-0.15, -0.1) is 5.10 Å². The van der Waals surface area contributed by atoms with E-state index < -0.39 is 5.41 Å². The van der Waals surface area contributed by atoms with Crippen LogP contribution < -0.4 is 0 Å². The quantitative estimate of drug-likeness (QED) is 0.601. The maximum Gasteiger partial charge on any atom is 0.313 e. The maximum atomic E-state index is 12.9. The van der Waals surface area contributed by atoms with Gasteiger partial charge in [0.05, 0.1) is 18.6 Å². The molecule has 1 aromatic heterocycles. The van der Waals surface area contributed by atoms with E-state index in [1.165, 1.54) is 11.9 Å². The van der Waals surface area contributed by atoms with Crippen molar-refractivity contribution in [1.82, 2.24) is 25.1 Å². The van der Waals surface area contributed by atoms with Gasteiger partial charge >= 0.3 is 5.97 Å². The average molecular weight is 399 g/mol. The number of rotatable bonds is 9. The van der Waals surface area contributed by atoms with Gasteiger partial charge in [-0.25, -0.2) is 4.68 Å². The minimum absolute atomic E-state index is 0.0249. The second-order valence-corrected chi connectivity index (χ2v) is 7.58. The standard InChI is InChI=1S/C21H29N5O3/c1-2-29-20(28)21(12-6-10-18-8-4-3-5-9-18)13-7-14-25(16-21)19(27)11-15-26-17-22-23-24-26/h3-5,8-9,17H,2,6-7,10-16H2,1H3. The molecule has 0 N–H and O–H groups in total. The van der Waals surface area contributed by atoms with Gasteiger partial charge in [-0.1, -0.05) is 30.3 Å². The lowest BCUT2D eigenvalue weighted by Crippen LogP contribution is -2.50. The molecule has 29 heavy (non-hydrogen) atoms. The summed E-state index contributed by atoms with van der Waals surface area (Å²) >= 11 is 0. The van der Waals surface area contributed by atoms with E-state index in [4.69, 9.17) is 4.74 Å². The molecule has 156 valence electrons. The van der Waals surface area contributed by atoms with Gasteiger partial charge in [0.2, 0.25) is 5.91 Å². The lowest BCUT2D eigenvalue weighted by Gasteiger charge is -2.41. The fourth-order valence-electron chi connectivity index (χ4n) is 4.03. The van der Waals surface area contributed by atoms with Gasteiger partial charge in [0.25, 0.3) is 0 Å². The number of ether oxygens (including phenoxy) is 1. The number of hydrogen-bond donors (Lipinski definition) is 0. The summed E-state index contributed by atoms with van der Waals surface area (Å²) in [7, 11) is 0. The molecule has 1 amide bonds. The average Bonchev–Trinajstić information content (AvgIpc) is 3.27. The second-order valence-electron chi connectivity index (χ2n) is 7.58. The summed E-state index contributed by atoms with van der Waals surface area (Å²) in [5.74, 6) is -0.150. The third-order valence-electron chi connectivity index (χ3n) is 5.55. The van der Waals surface area contributed by atoms with Gasteiger partial charge in [0.1, 0.15) is 6.33 Å². The molecule has 8 nitrogen and oxygen atoms in total. The Morgan fingerprint density at radius 3 is 2.79 bits per heavy atom. The molecule has 1 atom stereocenters. The van der Waals surface area contributed by atoms with Crippen molar-refractivity contribution in [3.63, 3.8) is 0 Å². The number of benzene rings is 1. The summed E-state index contributed by atoms with van der Waals surface area (Å²) in [6.45, 7) is 3.71. The summed E-state index contributed by atoms with van der Waals surface area (Å²) in [5.41, 5.74) is 0.643. The Morgan fingerprint density at radius 2 is 2.07 bits per heavy atom. The first-order valence-electron chi connectivity index (χ1n) is 10.3. The fraction of sp³-hybridized carbons (Fsp3) is 0.571. The van der Waals surface area contributed by atoms with Crippen LogP contribution in [0.25, 0.3) is 0 Å².